The summed E-state index contributed by atoms with van der Waals surface area (Å²) in [5.41, 5.74) is 0. The Morgan fingerprint density at radius 3 is 3.12 bits per heavy atom. The molecule has 5 heteroatoms. The van der Waals surface area contributed by atoms with Crippen molar-refractivity contribution in [1.82, 2.24) is 16.0 Å². The minimum Gasteiger partial charge on any atom is -0.379 e. The highest BCUT2D eigenvalue weighted by atomic mass is 16.5. The molecule has 2 saturated heterocycles. The van der Waals surface area contributed by atoms with Crippen LogP contribution in [0.1, 0.15) is 19.8 Å². The van der Waals surface area contributed by atoms with E-state index in [-0.39, 0.29) is 5.91 Å². The van der Waals surface area contributed by atoms with Crippen LogP contribution in [0.25, 0.3) is 0 Å². The normalized spacial score (nSPS) is 32.4. The number of hydrogen-bond acceptors (Lipinski definition) is 4. The van der Waals surface area contributed by atoms with Crippen molar-refractivity contribution in [2.75, 3.05) is 26.3 Å². The van der Waals surface area contributed by atoms with Gasteiger partial charge in [-0.25, -0.2) is 0 Å². The summed E-state index contributed by atoms with van der Waals surface area (Å²) in [5.74, 6) is 0.156. The van der Waals surface area contributed by atoms with Gasteiger partial charge in [-0.05, 0) is 13.3 Å². The van der Waals surface area contributed by atoms with Crippen LogP contribution in [0.2, 0.25) is 0 Å². The molecule has 3 unspecified atom stereocenters. The molecule has 0 aromatic heterocycles. The molecule has 16 heavy (non-hydrogen) atoms. The Hall–Kier alpha value is -0.650. The van der Waals surface area contributed by atoms with Gasteiger partial charge in [-0.3, -0.25) is 4.79 Å². The van der Waals surface area contributed by atoms with Gasteiger partial charge in [-0.1, -0.05) is 0 Å². The molecular formula is C11H21N3O2. The van der Waals surface area contributed by atoms with E-state index in [4.69, 9.17) is 4.74 Å². The van der Waals surface area contributed by atoms with Gasteiger partial charge in [-0.15, -0.1) is 0 Å². The Morgan fingerprint density at radius 2 is 2.50 bits per heavy atom. The van der Waals surface area contributed by atoms with Crippen molar-refractivity contribution < 1.29 is 9.53 Å². The largest absolute Gasteiger partial charge is 0.379 e. The predicted molar refractivity (Wildman–Crippen MR) is 61.2 cm³/mol. The van der Waals surface area contributed by atoms with Crippen LogP contribution in [0.4, 0.5) is 0 Å². The third-order valence-corrected chi connectivity index (χ3v) is 3.13. The zero-order chi connectivity index (χ0) is 11.4. The second kappa shape index (κ2) is 5.61. The molecule has 2 aliphatic rings. The maximum Gasteiger partial charge on any atom is 0.221 e. The van der Waals surface area contributed by atoms with Crippen molar-refractivity contribution in [1.29, 1.82) is 0 Å². The lowest BCUT2D eigenvalue weighted by atomic mass is 10.1. The highest BCUT2D eigenvalue weighted by molar-refractivity contribution is 5.78. The van der Waals surface area contributed by atoms with Gasteiger partial charge in [-0.2, -0.15) is 0 Å². The molecule has 0 aromatic rings. The number of ether oxygens (including phenoxy) is 1. The van der Waals surface area contributed by atoms with E-state index in [9.17, 15) is 4.79 Å². The van der Waals surface area contributed by atoms with E-state index in [2.05, 4.69) is 22.9 Å². The van der Waals surface area contributed by atoms with Gasteiger partial charge in [0.2, 0.25) is 5.91 Å². The summed E-state index contributed by atoms with van der Waals surface area (Å²) in [7, 11) is 0. The van der Waals surface area contributed by atoms with E-state index in [1.165, 1.54) is 0 Å². The second-order valence-electron chi connectivity index (χ2n) is 4.73. The van der Waals surface area contributed by atoms with Crippen molar-refractivity contribution in [2.24, 2.45) is 0 Å². The van der Waals surface area contributed by atoms with Gasteiger partial charge >= 0.3 is 0 Å². The van der Waals surface area contributed by atoms with Crippen LogP contribution in [0.3, 0.4) is 0 Å². The lowest BCUT2D eigenvalue weighted by molar-refractivity contribution is -0.119. The molecule has 2 fully saturated rings. The van der Waals surface area contributed by atoms with Crippen LogP contribution in [0.15, 0.2) is 0 Å². The fraction of sp³-hybridized carbons (Fsp3) is 0.909. The summed E-state index contributed by atoms with van der Waals surface area (Å²) in [6.07, 6.45) is 1.66. The molecule has 5 nitrogen and oxygen atoms in total. The smallest absolute Gasteiger partial charge is 0.221 e. The third-order valence-electron chi connectivity index (χ3n) is 3.13. The zero-order valence-electron chi connectivity index (χ0n) is 9.79. The first-order valence-electron chi connectivity index (χ1n) is 6.08. The van der Waals surface area contributed by atoms with Crippen LogP contribution in [-0.2, 0) is 9.53 Å². The second-order valence-corrected chi connectivity index (χ2v) is 4.73. The highest BCUT2D eigenvalue weighted by Crippen LogP contribution is 2.06. The van der Waals surface area contributed by atoms with E-state index in [1.54, 1.807) is 0 Å². The van der Waals surface area contributed by atoms with E-state index >= 15 is 0 Å². The number of carbonyl (C=O) groups is 1. The number of morpholine rings is 1. The Balaban J connectivity index is 1.67. The highest BCUT2D eigenvalue weighted by Gasteiger charge is 2.24. The first kappa shape index (κ1) is 11.8. The molecule has 0 aromatic carbocycles. The summed E-state index contributed by atoms with van der Waals surface area (Å²) in [6, 6.07) is 1.16. The van der Waals surface area contributed by atoms with Crippen molar-refractivity contribution in [3.8, 4) is 0 Å². The van der Waals surface area contributed by atoms with Crippen molar-refractivity contribution in [3.63, 3.8) is 0 Å². The minimum atomic E-state index is 0.156. The van der Waals surface area contributed by atoms with Crippen LogP contribution >= 0.6 is 0 Å². The van der Waals surface area contributed by atoms with Crippen LogP contribution in [0.5, 0.6) is 0 Å². The summed E-state index contributed by atoms with van der Waals surface area (Å²) in [5, 5.41) is 9.75. The Morgan fingerprint density at radius 1 is 1.62 bits per heavy atom. The molecular weight excluding hydrogens is 206 g/mol. The minimum absolute atomic E-state index is 0.156. The maximum absolute atomic E-state index is 11.0. The molecule has 2 rings (SSSR count). The number of amides is 1. The lowest BCUT2D eigenvalue weighted by Crippen LogP contribution is -2.47. The van der Waals surface area contributed by atoms with Crippen LogP contribution in [-0.4, -0.2) is 50.3 Å². The van der Waals surface area contributed by atoms with Crippen LogP contribution < -0.4 is 16.0 Å². The lowest BCUT2D eigenvalue weighted by Gasteiger charge is -2.27. The van der Waals surface area contributed by atoms with Gasteiger partial charge < -0.3 is 20.7 Å². The van der Waals surface area contributed by atoms with Crippen LogP contribution in [0, 0.1) is 0 Å². The SMILES string of the molecule is CC(CC1COCCN1)NC1CNC(=O)C1. The van der Waals surface area contributed by atoms with Gasteiger partial charge in [0, 0.05) is 37.6 Å². The van der Waals surface area contributed by atoms with E-state index in [0.29, 0.717) is 24.5 Å². The van der Waals surface area contributed by atoms with Gasteiger partial charge in [0.1, 0.15) is 0 Å². The molecule has 0 spiro atoms. The topological polar surface area (TPSA) is 62.4 Å². The van der Waals surface area contributed by atoms with E-state index in [1.807, 2.05) is 0 Å². The first-order valence-corrected chi connectivity index (χ1v) is 6.08. The van der Waals surface area contributed by atoms with Gasteiger partial charge in [0.15, 0.2) is 0 Å². The molecule has 0 bridgehead atoms. The monoisotopic (exact) mass is 227 g/mol. The zero-order valence-corrected chi connectivity index (χ0v) is 9.79. The number of carbonyl (C=O) groups excluding carboxylic acids is 1. The predicted octanol–water partition coefficient (Wildman–Crippen LogP) is -0.768. The quantitative estimate of drug-likeness (QED) is 0.590. The van der Waals surface area contributed by atoms with Gasteiger partial charge in [0.25, 0.3) is 0 Å². The van der Waals surface area contributed by atoms with Crippen molar-refractivity contribution in [2.45, 2.75) is 37.9 Å². The first-order chi connectivity index (χ1) is 7.74. The Labute approximate surface area is 96.3 Å². The third kappa shape index (κ3) is 3.43. The van der Waals surface area contributed by atoms with Crippen molar-refractivity contribution >= 4 is 5.91 Å². The van der Waals surface area contributed by atoms with Crippen molar-refractivity contribution in [3.05, 3.63) is 0 Å². The fourth-order valence-corrected chi connectivity index (χ4v) is 2.39. The maximum atomic E-state index is 11.0. The molecule has 3 atom stereocenters. The van der Waals surface area contributed by atoms with E-state index < -0.39 is 0 Å². The Bertz CT molecular complexity index is 241. The molecule has 2 aliphatic heterocycles. The number of rotatable bonds is 4. The molecule has 3 N–H and O–H groups in total. The number of nitrogens with one attached hydrogen (secondary N) is 3. The van der Waals surface area contributed by atoms with Gasteiger partial charge in [0.05, 0.1) is 13.2 Å². The van der Waals surface area contributed by atoms with E-state index in [0.717, 1.165) is 32.7 Å². The molecule has 0 radical (unpaired) electrons. The standard InChI is InChI=1S/C11H21N3O2/c1-8(4-10-7-16-3-2-12-10)14-9-5-11(15)13-6-9/h8-10,12,14H,2-7H2,1H3,(H,13,15). The average molecular weight is 227 g/mol. The molecule has 92 valence electrons. The summed E-state index contributed by atoms with van der Waals surface area (Å²) in [4.78, 5) is 11.0. The Kier molecular flexibility index (Phi) is 4.15. The molecule has 0 aliphatic carbocycles. The summed E-state index contributed by atoms with van der Waals surface area (Å²) in [6.45, 7) is 5.49. The molecule has 1 amide bonds. The number of hydrogen-bond donors (Lipinski definition) is 3. The average Bonchev–Trinajstić information content (AvgIpc) is 2.65. The fourth-order valence-electron chi connectivity index (χ4n) is 2.39. The summed E-state index contributed by atoms with van der Waals surface area (Å²) >= 11 is 0. The molecule has 0 saturated carbocycles. The molecule has 2 heterocycles. The summed E-state index contributed by atoms with van der Waals surface area (Å²) < 4.78 is 5.41.